The van der Waals surface area contributed by atoms with Gasteiger partial charge in [-0.2, -0.15) is 5.21 Å². The van der Waals surface area contributed by atoms with E-state index in [-0.39, 0.29) is 17.4 Å². The molecule has 0 bridgehead atoms. The third-order valence-electron chi connectivity index (χ3n) is 2.97. The van der Waals surface area contributed by atoms with Crippen molar-refractivity contribution in [1.82, 2.24) is 25.6 Å². The van der Waals surface area contributed by atoms with Gasteiger partial charge >= 0.3 is 0 Å². The van der Waals surface area contributed by atoms with Gasteiger partial charge in [-0.3, -0.25) is 9.78 Å². The quantitative estimate of drug-likeness (QED) is 0.424. The van der Waals surface area contributed by atoms with Gasteiger partial charge in [0.05, 0.1) is 0 Å². The number of carbonyl (C=O) groups is 1. The maximum absolute atomic E-state index is 12.3. The largest absolute Gasteiger partial charge is 0.504 e. The zero-order valence-electron chi connectivity index (χ0n) is 11.3. The summed E-state index contributed by atoms with van der Waals surface area (Å²) >= 11 is 1.50. The Morgan fingerprint density at radius 1 is 1.32 bits per heavy atom. The van der Waals surface area contributed by atoms with Gasteiger partial charge in [0, 0.05) is 35.3 Å². The molecule has 0 spiro atoms. The lowest BCUT2D eigenvalue weighted by Crippen LogP contribution is -2.00. The second kappa shape index (κ2) is 6.27. The van der Waals surface area contributed by atoms with Crippen LogP contribution in [0.15, 0.2) is 42.0 Å². The lowest BCUT2D eigenvalue weighted by Gasteiger charge is -2.01. The number of hydrogen-bond acceptors (Lipinski definition) is 7. The fourth-order valence-corrected chi connectivity index (χ4v) is 2.83. The Morgan fingerprint density at radius 2 is 2.14 bits per heavy atom. The smallest absolute Gasteiger partial charge is 0.239 e. The van der Waals surface area contributed by atoms with E-state index in [0.29, 0.717) is 12.0 Å². The summed E-state index contributed by atoms with van der Waals surface area (Å²) in [5, 5.41) is 24.4. The van der Waals surface area contributed by atoms with Crippen molar-refractivity contribution in [2.24, 2.45) is 0 Å². The summed E-state index contributed by atoms with van der Waals surface area (Å²) in [5.74, 6) is -0.633. The summed E-state index contributed by atoms with van der Waals surface area (Å²) in [6.07, 6.45) is 5.17. The maximum atomic E-state index is 12.3. The first-order chi connectivity index (χ1) is 10.7. The summed E-state index contributed by atoms with van der Waals surface area (Å²) in [5.41, 5.74) is 1.62. The van der Waals surface area contributed by atoms with Crippen LogP contribution >= 0.6 is 11.3 Å². The standard InChI is InChI=1S/C14H11N5O2S/c20-11(8-12(21)14-16-18-19-17-14)10-3-6-22-13(10)7-9-1-4-15-5-2-9/h1-6,8,21H,7H2,(H,16,17,18,19). The lowest BCUT2D eigenvalue weighted by molar-refractivity contribution is 0.104. The van der Waals surface area contributed by atoms with Gasteiger partial charge in [0.25, 0.3) is 0 Å². The third-order valence-corrected chi connectivity index (χ3v) is 3.89. The van der Waals surface area contributed by atoms with Gasteiger partial charge in [-0.1, -0.05) is 0 Å². The number of aliphatic hydroxyl groups is 1. The maximum Gasteiger partial charge on any atom is 0.239 e. The van der Waals surface area contributed by atoms with Crippen LogP contribution in [-0.4, -0.2) is 36.5 Å². The number of aromatic nitrogens is 5. The second-order valence-electron chi connectivity index (χ2n) is 4.42. The first-order valence-electron chi connectivity index (χ1n) is 6.38. The van der Waals surface area contributed by atoms with E-state index in [0.717, 1.165) is 16.5 Å². The van der Waals surface area contributed by atoms with Gasteiger partial charge in [0.15, 0.2) is 11.5 Å². The summed E-state index contributed by atoms with van der Waals surface area (Å²) in [7, 11) is 0. The number of nitrogens with one attached hydrogen (secondary N) is 1. The number of thiophene rings is 1. The van der Waals surface area contributed by atoms with Gasteiger partial charge in [-0.15, -0.1) is 21.5 Å². The molecule has 0 aliphatic carbocycles. The minimum atomic E-state index is -0.320. The highest BCUT2D eigenvalue weighted by atomic mass is 32.1. The lowest BCUT2D eigenvalue weighted by atomic mass is 10.1. The molecule has 0 aromatic carbocycles. The molecule has 0 aliphatic rings. The van der Waals surface area contributed by atoms with Crippen molar-refractivity contribution < 1.29 is 9.90 Å². The molecule has 2 N–H and O–H groups in total. The van der Waals surface area contributed by atoms with Crippen LogP contribution in [0.2, 0.25) is 0 Å². The molecule has 110 valence electrons. The van der Waals surface area contributed by atoms with Crippen LogP contribution < -0.4 is 0 Å². The predicted octanol–water partition coefficient (Wildman–Crippen LogP) is 2.03. The van der Waals surface area contributed by atoms with Gasteiger partial charge < -0.3 is 5.11 Å². The predicted molar refractivity (Wildman–Crippen MR) is 80.5 cm³/mol. The number of pyridine rings is 1. The van der Waals surface area contributed by atoms with E-state index < -0.39 is 0 Å². The van der Waals surface area contributed by atoms with Gasteiger partial charge in [-0.05, 0) is 34.4 Å². The van der Waals surface area contributed by atoms with Gasteiger partial charge in [0.1, 0.15) is 0 Å². The minimum Gasteiger partial charge on any atom is -0.504 e. The van der Waals surface area contributed by atoms with E-state index in [4.69, 9.17) is 0 Å². The molecule has 8 heteroatoms. The Hall–Kier alpha value is -2.87. The summed E-state index contributed by atoms with van der Waals surface area (Å²) in [4.78, 5) is 17.2. The number of ketones is 1. The van der Waals surface area contributed by atoms with Crippen LogP contribution in [0, 0.1) is 0 Å². The van der Waals surface area contributed by atoms with Crippen molar-refractivity contribution in [3.63, 3.8) is 0 Å². The van der Waals surface area contributed by atoms with E-state index in [1.165, 1.54) is 11.3 Å². The van der Waals surface area contributed by atoms with Crippen molar-refractivity contribution in [3.05, 3.63) is 63.9 Å². The number of tetrazole rings is 1. The van der Waals surface area contributed by atoms with Crippen LogP contribution in [0.1, 0.15) is 26.6 Å². The molecule has 3 heterocycles. The monoisotopic (exact) mass is 313 g/mol. The first kappa shape index (κ1) is 14.1. The molecular weight excluding hydrogens is 302 g/mol. The second-order valence-corrected chi connectivity index (χ2v) is 5.42. The summed E-state index contributed by atoms with van der Waals surface area (Å²) < 4.78 is 0. The van der Waals surface area contributed by atoms with E-state index >= 15 is 0 Å². The topological polar surface area (TPSA) is 105 Å². The molecule has 0 aliphatic heterocycles. The number of allylic oxidation sites excluding steroid dienone is 1. The van der Waals surface area contributed by atoms with Crippen LogP contribution in [0.3, 0.4) is 0 Å². The Bertz CT molecular complexity index is 796. The fraction of sp³-hybridized carbons (Fsp3) is 0.0714. The average Bonchev–Trinajstić information content (AvgIpc) is 3.19. The number of carbonyl (C=O) groups excluding carboxylic acids is 1. The number of rotatable bonds is 5. The number of aliphatic hydroxyl groups excluding tert-OH is 1. The number of aromatic amines is 1. The van der Waals surface area contributed by atoms with E-state index in [1.807, 2.05) is 17.5 Å². The van der Waals surface area contributed by atoms with Crippen LogP contribution in [-0.2, 0) is 6.42 Å². The Labute approximate surface area is 129 Å². The third kappa shape index (κ3) is 3.07. The molecule has 0 saturated heterocycles. The van der Waals surface area contributed by atoms with Gasteiger partial charge in [0.2, 0.25) is 5.82 Å². The molecule has 3 aromatic heterocycles. The zero-order valence-corrected chi connectivity index (χ0v) is 12.1. The Balaban J connectivity index is 1.82. The van der Waals surface area contributed by atoms with Crippen LogP contribution in [0.25, 0.3) is 5.76 Å². The molecule has 3 rings (SSSR count). The molecule has 0 fully saturated rings. The van der Waals surface area contributed by atoms with Crippen molar-refractivity contribution >= 4 is 22.9 Å². The molecular formula is C14H11N5O2S. The highest BCUT2D eigenvalue weighted by molar-refractivity contribution is 7.10. The van der Waals surface area contributed by atoms with Crippen molar-refractivity contribution in [1.29, 1.82) is 0 Å². The molecule has 0 radical (unpaired) electrons. The number of H-pyrrole nitrogens is 1. The molecule has 0 amide bonds. The van der Waals surface area contributed by atoms with E-state index in [2.05, 4.69) is 25.6 Å². The van der Waals surface area contributed by atoms with Crippen molar-refractivity contribution in [2.45, 2.75) is 6.42 Å². The molecule has 22 heavy (non-hydrogen) atoms. The molecule has 7 nitrogen and oxygen atoms in total. The number of hydrogen-bond donors (Lipinski definition) is 2. The van der Waals surface area contributed by atoms with Gasteiger partial charge in [-0.25, -0.2) is 0 Å². The molecule has 0 unspecified atom stereocenters. The normalized spacial score (nSPS) is 11.5. The average molecular weight is 313 g/mol. The highest BCUT2D eigenvalue weighted by Crippen LogP contribution is 2.22. The van der Waals surface area contributed by atoms with Crippen LogP contribution in [0.5, 0.6) is 0 Å². The highest BCUT2D eigenvalue weighted by Gasteiger charge is 2.14. The van der Waals surface area contributed by atoms with E-state index in [1.54, 1.807) is 18.5 Å². The summed E-state index contributed by atoms with van der Waals surface area (Å²) in [6, 6.07) is 5.55. The molecule has 0 atom stereocenters. The Morgan fingerprint density at radius 3 is 2.86 bits per heavy atom. The first-order valence-corrected chi connectivity index (χ1v) is 7.26. The van der Waals surface area contributed by atoms with Crippen molar-refractivity contribution in [3.8, 4) is 0 Å². The van der Waals surface area contributed by atoms with Crippen LogP contribution in [0.4, 0.5) is 0 Å². The molecule has 0 saturated carbocycles. The van der Waals surface area contributed by atoms with Crippen molar-refractivity contribution in [2.75, 3.05) is 0 Å². The Kier molecular flexibility index (Phi) is 4.01. The zero-order chi connectivity index (χ0) is 15.4. The summed E-state index contributed by atoms with van der Waals surface area (Å²) in [6.45, 7) is 0. The van der Waals surface area contributed by atoms with E-state index in [9.17, 15) is 9.90 Å². The fourth-order valence-electron chi connectivity index (χ4n) is 1.92. The minimum absolute atomic E-state index is 0.0146. The SMILES string of the molecule is O=C(C=C(O)c1nn[nH]n1)c1ccsc1Cc1ccncc1. The molecule has 3 aromatic rings. The number of nitrogens with zero attached hydrogens (tertiary/aromatic N) is 4.